The number of esters is 1. The number of hydrogen-bond donors (Lipinski definition) is 1. The van der Waals surface area contributed by atoms with Crippen LogP contribution in [0.4, 0.5) is 0 Å². The highest BCUT2D eigenvalue weighted by Crippen LogP contribution is 2.21. The Morgan fingerprint density at radius 2 is 1.90 bits per heavy atom. The van der Waals surface area contributed by atoms with Gasteiger partial charge in [0.25, 0.3) is 5.91 Å². The third-order valence-electron chi connectivity index (χ3n) is 4.32. The van der Waals surface area contributed by atoms with E-state index in [0.29, 0.717) is 35.1 Å². The lowest BCUT2D eigenvalue weighted by molar-refractivity contribution is -0.148. The first-order chi connectivity index (χ1) is 14.5. The fraction of sp³-hybridized carbons (Fsp3) is 0.318. The van der Waals surface area contributed by atoms with E-state index in [2.05, 4.69) is 10.5 Å². The molecule has 0 spiro atoms. The minimum Gasteiger partial charge on any atom is -0.494 e. The third kappa shape index (κ3) is 5.28. The molecule has 1 atom stereocenters. The Morgan fingerprint density at radius 1 is 1.13 bits per heavy atom. The number of carbonyl (C=O) groups excluding carboxylic acids is 2. The van der Waals surface area contributed by atoms with Gasteiger partial charge in [-0.2, -0.15) is 0 Å². The maximum absolute atomic E-state index is 12.6. The first-order valence-corrected chi connectivity index (χ1v) is 9.67. The maximum Gasteiger partial charge on any atom is 0.329 e. The first-order valence-electron chi connectivity index (χ1n) is 9.67. The molecule has 0 fully saturated rings. The quantitative estimate of drug-likeness (QED) is 0.533. The fourth-order valence-electron chi connectivity index (χ4n) is 2.74. The number of ether oxygens (including phenoxy) is 2. The highest BCUT2D eigenvalue weighted by atomic mass is 16.5. The monoisotopic (exact) mass is 412 g/mol. The molecule has 0 aliphatic heterocycles. The number of furan rings is 1. The Labute approximate surface area is 174 Å². The van der Waals surface area contributed by atoms with Crippen LogP contribution in [-0.4, -0.2) is 29.7 Å². The summed E-state index contributed by atoms with van der Waals surface area (Å²) in [5.41, 5.74) is 0.867. The molecule has 0 bridgehead atoms. The van der Waals surface area contributed by atoms with Crippen LogP contribution in [0.2, 0.25) is 0 Å². The van der Waals surface area contributed by atoms with E-state index < -0.39 is 12.0 Å². The van der Waals surface area contributed by atoms with Gasteiger partial charge in [-0.05, 0) is 49.2 Å². The van der Waals surface area contributed by atoms with Gasteiger partial charge in [0, 0.05) is 11.6 Å². The standard InChI is InChI=1S/C22H24N2O6/c1-4-27-17-9-7-15(8-10-17)21(25)23-20(14(2)3)22(26)29-13-16-12-19(30-24-16)18-6-5-11-28-18/h5-12,14,20H,4,13H2,1-3H3,(H,23,25). The van der Waals surface area contributed by atoms with Crippen molar-refractivity contribution in [2.75, 3.05) is 6.61 Å². The average molecular weight is 412 g/mol. The summed E-state index contributed by atoms with van der Waals surface area (Å²) in [6, 6.07) is 11.0. The second-order valence-electron chi connectivity index (χ2n) is 6.92. The molecule has 0 saturated heterocycles. The fourth-order valence-corrected chi connectivity index (χ4v) is 2.74. The molecular weight excluding hydrogens is 388 g/mol. The number of nitrogens with zero attached hydrogens (tertiary/aromatic N) is 1. The topological polar surface area (TPSA) is 104 Å². The number of rotatable bonds is 9. The summed E-state index contributed by atoms with van der Waals surface area (Å²) in [6.45, 7) is 6.01. The van der Waals surface area contributed by atoms with E-state index in [1.807, 2.05) is 20.8 Å². The van der Waals surface area contributed by atoms with Crippen LogP contribution in [0.3, 0.4) is 0 Å². The molecule has 0 aliphatic rings. The van der Waals surface area contributed by atoms with Crippen LogP contribution in [0.25, 0.3) is 11.5 Å². The molecule has 2 heterocycles. The summed E-state index contributed by atoms with van der Waals surface area (Å²) in [7, 11) is 0. The van der Waals surface area contributed by atoms with Gasteiger partial charge in [-0.3, -0.25) is 4.79 Å². The van der Waals surface area contributed by atoms with Crippen molar-refractivity contribution in [3.05, 3.63) is 60.0 Å². The van der Waals surface area contributed by atoms with Gasteiger partial charge in [0.2, 0.25) is 5.76 Å². The largest absolute Gasteiger partial charge is 0.494 e. The second kappa shape index (κ2) is 9.78. The Bertz CT molecular complexity index is 960. The van der Waals surface area contributed by atoms with E-state index in [1.54, 1.807) is 42.5 Å². The van der Waals surface area contributed by atoms with E-state index in [1.165, 1.54) is 6.26 Å². The van der Waals surface area contributed by atoms with Crippen molar-refractivity contribution in [2.45, 2.75) is 33.4 Å². The smallest absolute Gasteiger partial charge is 0.329 e. The predicted octanol–water partition coefficient (Wildman–Crippen LogP) is 3.83. The summed E-state index contributed by atoms with van der Waals surface area (Å²) in [6.07, 6.45) is 1.53. The molecule has 2 aromatic heterocycles. The average Bonchev–Trinajstić information content (AvgIpc) is 3.42. The maximum atomic E-state index is 12.6. The molecule has 3 aromatic rings. The molecular formula is C22H24N2O6. The summed E-state index contributed by atoms with van der Waals surface area (Å²) in [4.78, 5) is 25.1. The van der Waals surface area contributed by atoms with Crippen LogP contribution in [0.1, 0.15) is 36.8 Å². The van der Waals surface area contributed by atoms with Gasteiger partial charge in [0.05, 0.1) is 12.9 Å². The zero-order valence-corrected chi connectivity index (χ0v) is 17.1. The van der Waals surface area contributed by atoms with Gasteiger partial charge in [-0.1, -0.05) is 19.0 Å². The van der Waals surface area contributed by atoms with E-state index >= 15 is 0 Å². The van der Waals surface area contributed by atoms with Crippen molar-refractivity contribution in [3.63, 3.8) is 0 Å². The molecule has 1 unspecified atom stereocenters. The Balaban J connectivity index is 1.58. The molecule has 30 heavy (non-hydrogen) atoms. The molecule has 1 aromatic carbocycles. The van der Waals surface area contributed by atoms with Gasteiger partial charge >= 0.3 is 5.97 Å². The Morgan fingerprint density at radius 3 is 2.53 bits per heavy atom. The van der Waals surface area contributed by atoms with Crippen molar-refractivity contribution in [3.8, 4) is 17.3 Å². The Kier molecular flexibility index (Phi) is 6.90. The molecule has 0 aliphatic carbocycles. The molecule has 8 nitrogen and oxygen atoms in total. The number of amides is 1. The third-order valence-corrected chi connectivity index (χ3v) is 4.32. The molecule has 158 valence electrons. The lowest BCUT2D eigenvalue weighted by Gasteiger charge is -2.20. The highest BCUT2D eigenvalue weighted by molar-refractivity contribution is 5.96. The van der Waals surface area contributed by atoms with Crippen LogP contribution in [0.5, 0.6) is 5.75 Å². The van der Waals surface area contributed by atoms with E-state index in [9.17, 15) is 9.59 Å². The minimum atomic E-state index is -0.805. The van der Waals surface area contributed by atoms with Gasteiger partial charge in [0.15, 0.2) is 5.76 Å². The predicted molar refractivity (Wildman–Crippen MR) is 108 cm³/mol. The molecule has 0 saturated carbocycles. The summed E-state index contributed by atoms with van der Waals surface area (Å²) >= 11 is 0. The van der Waals surface area contributed by atoms with Crippen LogP contribution < -0.4 is 10.1 Å². The second-order valence-corrected chi connectivity index (χ2v) is 6.92. The minimum absolute atomic E-state index is 0.0782. The van der Waals surface area contributed by atoms with Crippen molar-refractivity contribution < 1.29 is 28.0 Å². The zero-order valence-electron chi connectivity index (χ0n) is 17.1. The van der Waals surface area contributed by atoms with Gasteiger partial charge in [-0.25, -0.2) is 4.79 Å². The number of hydrogen-bond acceptors (Lipinski definition) is 7. The lowest BCUT2D eigenvalue weighted by Crippen LogP contribution is -2.45. The molecule has 0 radical (unpaired) electrons. The van der Waals surface area contributed by atoms with E-state index in [-0.39, 0.29) is 18.4 Å². The van der Waals surface area contributed by atoms with Gasteiger partial charge < -0.3 is 23.7 Å². The number of nitrogens with one attached hydrogen (secondary N) is 1. The van der Waals surface area contributed by atoms with Crippen LogP contribution in [0, 0.1) is 5.92 Å². The summed E-state index contributed by atoms with van der Waals surface area (Å²) < 4.78 is 21.1. The summed E-state index contributed by atoms with van der Waals surface area (Å²) in [5, 5.41) is 6.60. The van der Waals surface area contributed by atoms with Crippen molar-refractivity contribution in [1.82, 2.24) is 10.5 Å². The normalized spacial score (nSPS) is 11.9. The van der Waals surface area contributed by atoms with Crippen molar-refractivity contribution >= 4 is 11.9 Å². The molecule has 1 amide bonds. The van der Waals surface area contributed by atoms with E-state index in [0.717, 1.165) is 0 Å². The van der Waals surface area contributed by atoms with Gasteiger partial charge in [-0.15, -0.1) is 0 Å². The van der Waals surface area contributed by atoms with Crippen LogP contribution in [0.15, 0.2) is 57.7 Å². The van der Waals surface area contributed by atoms with Crippen LogP contribution >= 0.6 is 0 Å². The number of aromatic nitrogens is 1. The van der Waals surface area contributed by atoms with Crippen molar-refractivity contribution in [1.29, 1.82) is 0 Å². The molecule has 8 heteroatoms. The summed E-state index contributed by atoms with van der Waals surface area (Å²) in [5.74, 6) is 0.565. The van der Waals surface area contributed by atoms with E-state index in [4.69, 9.17) is 18.4 Å². The lowest BCUT2D eigenvalue weighted by atomic mass is 10.0. The Hall–Kier alpha value is -3.55. The first kappa shape index (κ1) is 21.2. The van der Waals surface area contributed by atoms with Crippen molar-refractivity contribution in [2.24, 2.45) is 5.92 Å². The van der Waals surface area contributed by atoms with Gasteiger partial charge in [0.1, 0.15) is 24.1 Å². The molecule has 3 rings (SSSR count). The molecule has 1 N–H and O–H groups in total. The SMILES string of the molecule is CCOc1ccc(C(=O)NC(C(=O)OCc2cc(-c3ccco3)on2)C(C)C)cc1. The number of carbonyl (C=O) groups is 2. The number of benzene rings is 1. The van der Waals surface area contributed by atoms with Crippen LogP contribution in [-0.2, 0) is 16.1 Å². The zero-order chi connectivity index (χ0) is 21.5. The highest BCUT2D eigenvalue weighted by Gasteiger charge is 2.26.